The SMILES string of the molecule is Nc1cc(NCC2COCCO2)nc(C2CC2)n1. The smallest absolute Gasteiger partial charge is 0.136 e. The summed E-state index contributed by atoms with van der Waals surface area (Å²) in [6.45, 7) is 2.65. The van der Waals surface area contributed by atoms with Crippen molar-refractivity contribution in [3.8, 4) is 0 Å². The second kappa shape index (κ2) is 5.07. The Kier molecular flexibility index (Phi) is 3.29. The van der Waals surface area contributed by atoms with E-state index in [-0.39, 0.29) is 6.10 Å². The van der Waals surface area contributed by atoms with Crippen molar-refractivity contribution in [1.82, 2.24) is 9.97 Å². The summed E-state index contributed by atoms with van der Waals surface area (Å²) in [6, 6.07) is 1.76. The first-order valence-corrected chi connectivity index (χ1v) is 6.39. The van der Waals surface area contributed by atoms with Gasteiger partial charge in [0.05, 0.1) is 25.9 Å². The molecule has 0 bridgehead atoms. The molecular formula is C12H18N4O2. The van der Waals surface area contributed by atoms with E-state index in [1.807, 2.05) is 0 Å². The topological polar surface area (TPSA) is 82.3 Å². The lowest BCUT2D eigenvalue weighted by molar-refractivity contribution is -0.0819. The molecular weight excluding hydrogens is 232 g/mol. The molecule has 3 rings (SSSR count). The van der Waals surface area contributed by atoms with Gasteiger partial charge in [0.2, 0.25) is 0 Å². The molecule has 3 N–H and O–H groups in total. The third kappa shape index (κ3) is 2.88. The molecule has 98 valence electrons. The summed E-state index contributed by atoms with van der Waals surface area (Å²) < 4.78 is 10.9. The van der Waals surface area contributed by atoms with Crippen molar-refractivity contribution in [1.29, 1.82) is 0 Å². The second-order valence-corrected chi connectivity index (χ2v) is 4.76. The number of nitrogens with one attached hydrogen (secondary N) is 1. The standard InChI is InChI=1S/C12H18N4O2/c13-10-5-11(16-12(15-10)8-1-2-8)14-6-9-7-17-3-4-18-9/h5,8-9H,1-4,6-7H2,(H3,13,14,15,16). The molecule has 2 heterocycles. The molecule has 1 saturated heterocycles. The van der Waals surface area contributed by atoms with Crippen molar-refractivity contribution in [3.63, 3.8) is 0 Å². The molecule has 1 atom stereocenters. The van der Waals surface area contributed by atoms with Crippen molar-refractivity contribution in [2.45, 2.75) is 24.9 Å². The Hall–Kier alpha value is -1.40. The van der Waals surface area contributed by atoms with Crippen LogP contribution in [0.1, 0.15) is 24.6 Å². The van der Waals surface area contributed by atoms with Crippen LogP contribution in [0, 0.1) is 0 Å². The van der Waals surface area contributed by atoms with Gasteiger partial charge in [-0.05, 0) is 12.8 Å². The van der Waals surface area contributed by atoms with E-state index in [1.54, 1.807) is 6.07 Å². The summed E-state index contributed by atoms with van der Waals surface area (Å²) >= 11 is 0. The number of nitrogen functional groups attached to an aromatic ring is 1. The predicted octanol–water partition coefficient (Wildman–Crippen LogP) is 0.763. The Labute approximate surface area is 106 Å². The Bertz CT molecular complexity index is 417. The molecule has 1 aliphatic carbocycles. The number of hydrogen-bond acceptors (Lipinski definition) is 6. The van der Waals surface area contributed by atoms with Crippen LogP contribution in [0.2, 0.25) is 0 Å². The van der Waals surface area contributed by atoms with Crippen LogP contribution in [-0.4, -0.2) is 42.4 Å². The Balaban J connectivity index is 1.60. The molecule has 1 aromatic rings. The maximum atomic E-state index is 5.79. The van der Waals surface area contributed by atoms with E-state index in [4.69, 9.17) is 15.2 Å². The Morgan fingerprint density at radius 2 is 2.22 bits per heavy atom. The molecule has 0 aromatic carbocycles. The van der Waals surface area contributed by atoms with Crippen molar-refractivity contribution in [3.05, 3.63) is 11.9 Å². The molecule has 6 heteroatoms. The summed E-state index contributed by atoms with van der Waals surface area (Å²) in [5.74, 6) is 2.66. The zero-order chi connectivity index (χ0) is 12.4. The fourth-order valence-corrected chi connectivity index (χ4v) is 1.97. The van der Waals surface area contributed by atoms with Crippen molar-refractivity contribution < 1.29 is 9.47 Å². The fraction of sp³-hybridized carbons (Fsp3) is 0.667. The van der Waals surface area contributed by atoms with Crippen LogP contribution in [0.5, 0.6) is 0 Å². The van der Waals surface area contributed by atoms with E-state index in [2.05, 4.69) is 15.3 Å². The third-order valence-corrected chi connectivity index (χ3v) is 3.10. The molecule has 1 saturated carbocycles. The van der Waals surface area contributed by atoms with Gasteiger partial charge in [0.15, 0.2) is 0 Å². The highest BCUT2D eigenvalue weighted by Crippen LogP contribution is 2.38. The van der Waals surface area contributed by atoms with Crippen LogP contribution in [-0.2, 0) is 9.47 Å². The van der Waals surface area contributed by atoms with Gasteiger partial charge in [-0.2, -0.15) is 0 Å². The maximum absolute atomic E-state index is 5.79. The lowest BCUT2D eigenvalue weighted by Gasteiger charge is -2.23. The van der Waals surface area contributed by atoms with Crippen molar-refractivity contribution in [2.24, 2.45) is 0 Å². The number of anilines is 2. The molecule has 2 aliphatic rings. The second-order valence-electron chi connectivity index (χ2n) is 4.76. The summed E-state index contributed by atoms with van der Waals surface area (Å²) in [7, 11) is 0. The van der Waals surface area contributed by atoms with E-state index < -0.39 is 0 Å². The van der Waals surface area contributed by atoms with Gasteiger partial charge in [0.25, 0.3) is 0 Å². The van der Waals surface area contributed by atoms with Gasteiger partial charge in [0, 0.05) is 18.5 Å². The minimum absolute atomic E-state index is 0.0827. The Morgan fingerprint density at radius 3 is 2.94 bits per heavy atom. The first-order valence-electron chi connectivity index (χ1n) is 6.39. The number of nitrogens with zero attached hydrogens (tertiary/aromatic N) is 2. The van der Waals surface area contributed by atoms with Gasteiger partial charge in [-0.3, -0.25) is 0 Å². The van der Waals surface area contributed by atoms with Crippen LogP contribution in [0.3, 0.4) is 0 Å². The average molecular weight is 250 g/mol. The third-order valence-electron chi connectivity index (χ3n) is 3.10. The first-order chi connectivity index (χ1) is 8.81. The highest BCUT2D eigenvalue weighted by molar-refractivity contribution is 5.45. The normalized spacial score (nSPS) is 23.9. The van der Waals surface area contributed by atoms with E-state index in [0.29, 0.717) is 38.1 Å². The zero-order valence-corrected chi connectivity index (χ0v) is 10.3. The molecule has 0 spiro atoms. The molecule has 2 fully saturated rings. The minimum atomic E-state index is 0.0827. The van der Waals surface area contributed by atoms with Crippen molar-refractivity contribution >= 4 is 11.6 Å². The Morgan fingerprint density at radius 1 is 1.33 bits per heavy atom. The predicted molar refractivity (Wildman–Crippen MR) is 67.5 cm³/mol. The summed E-state index contributed by atoms with van der Waals surface area (Å²) in [4.78, 5) is 8.74. The van der Waals surface area contributed by atoms with E-state index in [9.17, 15) is 0 Å². The van der Waals surface area contributed by atoms with Crippen molar-refractivity contribution in [2.75, 3.05) is 37.4 Å². The maximum Gasteiger partial charge on any atom is 0.136 e. The van der Waals surface area contributed by atoms with Gasteiger partial charge in [-0.1, -0.05) is 0 Å². The monoisotopic (exact) mass is 250 g/mol. The number of hydrogen-bond donors (Lipinski definition) is 2. The van der Waals surface area contributed by atoms with E-state index in [0.717, 1.165) is 11.6 Å². The molecule has 6 nitrogen and oxygen atoms in total. The molecule has 0 amide bonds. The lowest BCUT2D eigenvalue weighted by atomic mass is 10.3. The van der Waals surface area contributed by atoms with Gasteiger partial charge >= 0.3 is 0 Å². The number of aromatic nitrogens is 2. The first kappa shape index (κ1) is 11.7. The van der Waals surface area contributed by atoms with Crippen LogP contribution >= 0.6 is 0 Å². The quantitative estimate of drug-likeness (QED) is 0.821. The average Bonchev–Trinajstić information content (AvgIpc) is 3.21. The highest BCUT2D eigenvalue weighted by atomic mass is 16.6. The molecule has 18 heavy (non-hydrogen) atoms. The zero-order valence-electron chi connectivity index (χ0n) is 10.3. The van der Waals surface area contributed by atoms with Gasteiger partial charge < -0.3 is 20.5 Å². The minimum Gasteiger partial charge on any atom is -0.384 e. The van der Waals surface area contributed by atoms with Gasteiger partial charge in [0.1, 0.15) is 17.5 Å². The van der Waals surface area contributed by atoms with Crippen LogP contribution in [0.15, 0.2) is 6.07 Å². The summed E-state index contributed by atoms with van der Waals surface area (Å²) in [6.07, 6.45) is 2.42. The molecule has 1 aromatic heterocycles. The number of rotatable bonds is 4. The summed E-state index contributed by atoms with van der Waals surface area (Å²) in [5, 5.41) is 3.24. The van der Waals surface area contributed by atoms with E-state index in [1.165, 1.54) is 12.8 Å². The summed E-state index contributed by atoms with van der Waals surface area (Å²) in [5.41, 5.74) is 5.79. The lowest BCUT2D eigenvalue weighted by Crippen LogP contribution is -2.34. The largest absolute Gasteiger partial charge is 0.384 e. The molecule has 1 unspecified atom stereocenters. The van der Waals surface area contributed by atoms with E-state index >= 15 is 0 Å². The highest BCUT2D eigenvalue weighted by Gasteiger charge is 2.27. The fourth-order valence-electron chi connectivity index (χ4n) is 1.97. The van der Waals surface area contributed by atoms with Crippen LogP contribution in [0.25, 0.3) is 0 Å². The van der Waals surface area contributed by atoms with Crippen LogP contribution < -0.4 is 11.1 Å². The van der Waals surface area contributed by atoms with Gasteiger partial charge in [-0.15, -0.1) is 0 Å². The number of ether oxygens (including phenoxy) is 2. The molecule has 1 aliphatic heterocycles. The number of nitrogens with two attached hydrogens (primary N) is 1. The van der Waals surface area contributed by atoms with Crippen LogP contribution in [0.4, 0.5) is 11.6 Å². The molecule has 0 radical (unpaired) electrons. The van der Waals surface area contributed by atoms with Gasteiger partial charge in [-0.25, -0.2) is 9.97 Å².